The SMILES string of the molecule is CCNC(=NCC(C)(C)N1CCOCC1)NCC1(C)CCCC1.I. The van der Waals surface area contributed by atoms with Gasteiger partial charge in [-0.2, -0.15) is 0 Å². The average Bonchev–Trinajstić information content (AvgIpc) is 2.98. The van der Waals surface area contributed by atoms with Gasteiger partial charge in [0.25, 0.3) is 0 Å². The van der Waals surface area contributed by atoms with Crippen LogP contribution in [-0.2, 0) is 4.74 Å². The maximum atomic E-state index is 5.46. The number of nitrogens with one attached hydrogen (secondary N) is 2. The van der Waals surface area contributed by atoms with Gasteiger partial charge < -0.3 is 15.4 Å². The molecule has 0 radical (unpaired) electrons. The zero-order chi connectivity index (χ0) is 16.8. The second kappa shape index (κ2) is 10.2. The van der Waals surface area contributed by atoms with E-state index in [1.165, 1.54) is 25.7 Å². The van der Waals surface area contributed by atoms with E-state index in [9.17, 15) is 0 Å². The first-order valence-electron chi connectivity index (χ1n) is 9.30. The molecule has 0 unspecified atom stereocenters. The van der Waals surface area contributed by atoms with Crippen LogP contribution in [0.2, 0.25) is 0 Å². The number of aliphatic imine (C=N–C) groups is 1. The lowest BCUT2D eigenvalue weighted by molar-refractivity contribution is -0.00684. The van der Waals surface area contributed by atoms with Gasteiger partial charge in [-0.3, -0.25) is 9.89 Å². The Hall–Kier alpha value is -0.0800. The monoisotopic (exact) mass is 452 g/mol. The van der Waals surface area contributed by atoms with Crippen molar-refractivity contribution in [1.82, 2.24) is 15.5 Å². The first-order valence-corrected chi connectivity index (χ1v) is 9.30. The first kappa shape index (κ1) is 22.0. The van der Waals surface area contributed by atoms with Crippen LogP contribution in [0.5, 0.6) is 0 Å². The van der Waals surface area contributed by atoms with Crippen LogP contribution in [0.1, 0.15) is 53.4 Å². The molecule has 2 N–H and O–H groups in total. The molecule has 1 aliphatic heterocycles. The van der Waals surface area contributed by atoms with E-state index in [4.69, 9.17) is 9.73 Å². The summed E-state index contributed by atoms with van der Waals surface area (Å²) in [7, 11) is 0. The number of morpholine rings is 1. The Morgan fingerprint density at radius 2 is 1.79 bits per heavy atom. The molecule has 24 heavy (non-hydrogen) atoms. The summed E-state index contributed by atoms with van der Waals surface area (Å²) in [5.74, 6) is 0.960. The first-order chi connectivity index (χ1) is 11.0. The third-order valence-corrected chi connectivity index (χ3v) is 5.33. The topological polar surface area (TPSA) is 48.9 Å². The van der Waals surface area contributed by atoms with Crippen molar-refractivity contribution in [2.75, 3.05) is 45.9 Å². The van der Waals surface area contributed by atoms with Gasteiger partial charge in [0, 0.05) is 31.7 Å². The van der Waals surface area contributed by atoms with E-state index < -0.39 is 0 Å². The van der Waals surface area contributed by atoms with E-state index in [1.54, 1.807) is 0 Å². The fourth-order valence-corrected chi connectivity index (χ4v) is 3.59. The predicted molar refractivity (Wildman–Crippen MR) is 112 cm³/mol. The molecule has 1 saturated carbocycles. The molecule has 5 nitrogen and oxygen atoms in total. The Morgan fingerprint density at radius 3 is 2.38 bits per heavy atom. The molecule has 0 atom stereocenters. The molecule has 6 heteroatoms. The summed E-state index contributed by atoms with van der Waals surface area (Å²) in [6, 6.07) is 0. The molecule has 142 valence electrons. The van der Waals surface area contributed by atoms with Crippen molar-refractivity contribution in [3.05, 3.63) is 0 Å². The van der Waals surface area contributed by atoms with E-state index in [2.05, 4.69) is 43.2 Å². The van der Waals surface area contributed by atoms with Crippen molar-refractivity contribution in [2.45, 2.75) is 58.9 Å². The molecule has 0 aromatic rings. The molecule has 1 heterocycles. The molecule has 2 aliphatic rings. The maximum absolute atomic E-state index is 5.46. The van der Waals surface area contributed by atoms with E-state index >= 15 is 0 Å². The Bertz CT molecular complexity index is 388. The van der Waals surface area contributed by atoms with Gasteiger partial charge in [-0.15, -0.1) is 24.0 Å². The molecule has 2 fully saturated rings. The van der Waals surface area contributed by atoms with E-state index in [-0.39, 0.29) is 29.5 Å². The van der Waals surface area contributed by atoms with E-state index in [0.717, 1.165) is 51.9 Å². The van der Waals surface area contributed by atoms with Crippen molar-refractivity contribution in [1.29, 1.82) is 0 Å². The normalized spacial score (nSPS) is 22.1. The number of rotatable bonds is 6. The summed E-state index contributed by atoms with van der Waals surface area (Å²) in [6.45, 7) is 15.5. The Balaban J connectivity index is 0.00000288. The minimum atomic E-state index is 0. The Labute approximate surface area is 165 Å². The number of ether oxygens (including phenoxy) is 1. The van der Waals surface area contributed by atoms with E-state index in [1.807, 2.05) is 0 Å². The van der Waals surface area contributed by atoms with Gasteiger partial charge in [-0.25, -0.2) is 0 Å². The molecule has 0 spiro atoms. The highest BCUT2D eigenvalue weighted by Crippen LogP contribution is 2.36. The summed E-state index contributed by atoms with van der Waals surface area (Å²) in [4.78, 5) is 7.35. The second-order valence-corrected chi connectivity index (χ2v) is 7.98. The smallest absolute Gasteiger partial charge is 0.191 e. The van der Waals surface area contributed by atoms with Crippen LogP contribution in [0, 0.1) is 5.41 Å². The largest absolute Gasteiger partial charge is 0.379 e. The van der Waals surface area contributed by atoms with Crippen LogP contribution in [0.25, 0.3) is 0 Å². The van der Waals surface area contributed by atoms with Crippen molar-refractivity contribution in [3.63, 3.8) is 0 Å². The third kappa shape index (κ3) is 6.67. The molecule has 1 saturated heterocycles. The van der Waals surface area contributed by atoms with Gasteiger partial charge >= 0.3 is 0 Å². The summed E-state index contributed by atoms with van der Waals surface area (Å²) in [6.07, 6.45) is 5.41. The lowest BCUT2D eigenvalue weighted by atomic mass is 9.89. The van der Waals surface area contributed by atoms with Gasteiger partial charge in [-0.05, 0) is 39.0 Å². The standard InChI is InChI=1S/C18H36N4O.HI/c1-5-19-16(21-15-18(4)8-6-7-9-18)20-14-17(2,3)22-10-12-23-13-11-22;/h5-15H2,1-4H3,(H2,19,20,21);1H. The quantitative estimate of drug-likeness (QED) is 0.370. The highest BCUT2D eigenvalue weighted by molar-refractivity contribution is 14.0. The molecular weight excluding hydrogens is 415 g/mol. The van der Waals surface area contributed by atoms with Crippen LogP contribution in [0.4, 0.5) is 0 Å². The highest BCUT2D eigenvalue weighted by atomic mass is 127. The van der Waals surface area contributed by atoms with Gasteiger partial charge in [-0.1, -0.05) is 19.8 Å². The number of hydrogen-bond acceptors (Lipinski definition) is 3. The van der Waals surface area contributed by atoms with Crippen LogP contribution in [0.3, 0.4) is 0 Å². The lowest BCUT2D eigenvalue weighted by Crippen LogP contribution is -2.52. The number of guanidine groups is 1. The van der Waals surface area contributed by atoms with Crippen LogP contribution in [0.15, 0.2) is 4.99 Å². The summed E-state index contributed by atoms with van der Waals surface area (Å²) < 4.78 is 5.46. The number of nitrogens with zero attached hydrogens (tertiary/aromatic N) is 2. The fraction of sp³-hybridized carbons (Fsp3) is 0.944. The van der Waals surface area contributed by atoms with Crippen molar-refractivity contribution < 1.29 is 4.74 Å². The van der Waals surface area contributed by atoms with Crippen LogP contribution in [-0.4, -0.2) is 62.3 Å². The fourth-order valence-electron chi connectivity index (χ4n) is 3.59. The summed E-state index contributed by atoms with van der Waals surface area (Å²) >= 11 is 0. The van der Waals surface area contributed by atoms with Crippen LogP contribution >= 0.6 is 24.0 Å². The molecule has 0 amide bonds. The summed E-state index contributed by atoms with van der Waals surface area (Å²) in [5, 5.41) is 6.97. The molecule has 2 rings (SSSR count). The van der Waals surface area contributed by atoms with Crippen molar-refractivity contribution in [2.24, 2.45) is 10.4 Å². The zero-order valence-electron chi connectivity index (χ0n) is 16.0. The highest BCUT2D eigenvalue weighted by Gasteiger charge is 2.30. The molecule has 1 aliphatic carbocycles. The second-order valence-electron chi connectivity index (χ2n) is 7.98. The lowest BCUT2D eigenvalue weighted by Gasteiger charge is -2.40. The minimum absolute atomic E-state index is 0. The predicted octanol–water partition coefficient (Wildman–Crippen LogP) is 2.85. The Kier molecular flexibility index (Phi) is 9.30. The van der Waals surface area contributed by atoms with Gasteiger partial charge in [0.1, 0.15) is 0 Å². The van der Waals surface area contributed by atoms with Gasteiger partial charge in [0.15, 0.2) is 5.96 Å². The molecular formula is C18H37IN4O. The van der Waals surface area contributed by atoms with Crippen molar-refractivity contribution >= 4 is 29.9 Å². The van der Waals surface area contributed by atoms with Crippen LogP contribution < -0.4 is 10.6 Å². The third-order valence-electron chi connectivity index (χ3n) is 5.33. The zero-order valence-corrected chi connectivity index (χ0v) is 18.3. The van der Waals surface area contributed by atoms with Crippen molar-refractivity contribution in [3.8, 4) is 0 Å². The van der Waals surface area contributed by atoms with Gasteiger partial charge in [0.2, 0.25) is 0 Å². The average molecular weight is 452 g/mol. The van der Waals surface area contributed by atoms with E-state index in [0.29, 0.717) is 5.41 Å². The minimum Gasteiger partial charge on any atom is -0.379 e. The Morgan fingerprint density at radius 1 is 1.17 bits per heavy atom. The molecule has 0 aromatic carbocycles. The number of hydrogen-bond donors (Lipinski definition) is 2. The molecule has 0 bridgehead atoms. The van der Waals surface area contributed by atoms with Gasteiger partial charge in [0.05, 0.1) is 19.8 Å². The summed E-state index contributed by atoms with van der Waals surface area (Å²) in [5.41, 5.74) is 0.513. The molecule has 0 aromatic heterocycles. The maximum Gasteiger partial charge on any atom is 0.191 e. The number of halogens is 1.